The van der Waals surface area contributed by atoms with E-state index in [9.17, 15) is 9.59 Å². The maximum Gasteiger partial charge on any atom is 0.293 e. The van der Waals surface area contributed by atoms with Crippen LogP contribution in [0.3, 0.4) is 0 Å². The minimum Gasteiger partial charge on any atom is -0.492 e. The molecule has 0 unspecified atom stereocenters. The van der Waals surface area contributed by atoms with E-state index in [-0.39, 0.29) is 24.5 Å². The van der Waals surface area contributed by atoms with Crippen LogP contribution in [0.25, 0.3) is 6.08 Å². The lowest BCUT2D eigenvalue weighted by Gasteiger charge is -2.14. The molecule has 0 N–H and O–H groups in total. The van der Waals surface area contributed by atoms with E-state index in [1.165, 1.54) is 4.90 Å². The van der Waals surface area contributed by atoms with Gasteiger partial charge in [0.1, 0.15) is 5.75 Å². The molecule has 0 bridgehead atoms. The fourth-order valence-corrected chi connectivity index (χ4v) is 4.58. The number of rotatable bonds is 6. The first-order valence-electron chi connectivity index (χ1n) is 9.57. The molecule has 2 aromatic carbocycles. The average molecular weight is 525 g/mol. The third kappa shape index (κ3) is 4.86. The molecule has 1 saturated heterocycles. The third-order valence-corrected chi connectivity index (χ3v) is 6.45. The van der Waals surface area contributed by atoms with Crippen LogP contribution >= 0.6 is 39.3 Å². The van der Waals surface area contributed by atoms with Crippen LogP contribution in [0.4, 0.5) is 4.79 Å². The molecular weight excluding hydrogens is 506 g/mol. The number of halogens is 2. The van der Waals surface area contributed by atoms with E-state index in [1.54, 1.807) is 18.2 Å². The smallest absolute Gasteiger partial charge is 0.293 e. The molecule has 4 rings (SSSR count). The van der Waals surface area contributed by atoms with Crippen molar-refractivity contribution in [3.05, 3.63) is 55.9 Å². The molecule has 2 heterocycles. The first kappa shape index (κ1) is 22.0. The van der Waals surface area contributed by atoms with Gasteiger partial charge in [-0.1, -0.05) is 31.5 Å². The van der Waals surface area contributed by atoms with Crippen molar-refractivity contribution in [1.29, 1.82) is 0 Å². The molecule has 0 aliphatic carbocycles. The number of carbonyl (C=O) groups excluding carboxylic acids is 2. The van der Waals surface area contributed by atoms with Crippen molar-refractivity contribution < 1.29 is 23.8 Å². The van der Waals surface area contributed by atoms with Gasteiger partial charge in [0.15, 0.2) is 11.5 Å². The lowest BCUT2D eigenvalue weighted by molar-refractivity contribution is -0.123. The van der Waals surface area contributed by atoms with Gasteiger partial charge in [-0.15, -0.1) is 0 Å². The number of nitrogens with zero attached hydrogens (tertiary/aromatic N) is 1. The average Bonchev–Trinajstić information content (AvgIpc) is 3.26. The number of ether oxygens (including phenoxy) is 3. The third-order valence-electron chi connectivity index (χ3n) is 4.57. The molecule has 162 valence electrons. The highest BCUT2D eigenvalue weighted by Gasteiger charge is 2.35. The molecule has 2 aromatic rings. The topological polar surface area (TPSA) is 65.1 Å². The Labute approximate surface area is 197 Å². The maximum atomic E-state index is 12.9. The van der Waals surface area contributed by atoms with E-state index < -0.39 is 0 Å². The van der Waals surface area contributed by atoms with Crippen molar-refractivity contribution >= 4 is 56.5 Å². The molecule has 2 aliphatic heterocycles. The van der Waals surface area contributed by atoms with Crippen molar-refractivity contribution in [2.75, 3.05) is 13.4 Å². The van der Waals surface area contributed by atoms with Crippen LogP contribution in [0, 0.1) is 5.92 Å². The van der Waals surface area contributed by atoms with Crippen LogP contribution in [0.2, 0.25) is 5.02 Å². The van der Waals surface area contributed by atoms with E-state index in [0.29, 0.717) is 39.5 Å². The minimum atomic E-state index is -0.361. The summed E-state index contributed by atoms with van der Waals surface area (Å²) in [5.74, 6) is 1.88. The lowest BCUT2D eigenvalue weighted by atomic mass is 10.1. The maximum absolute atomic E-state index is 12.9. The fraction of sp³-hybridized carbons (Fsp3) is 0.273. The Morgan fingerprint density at radius 1 is 1.23 bits per heavy atom. The Morgan fingerprint density at radius 2 is 1.97 bits per heavy atom. The highest BCUT2D eigenvalue weighted by atomic mass is 79.9. The monoisotopic (exact) mass is 523 g/mol. The SMILES string of the molecule is CC(C)COc1ccc(/C=C2/SC(=O)N(Cc3cc4c(cc3Cl)OCO4)C2=O)cc1Br. The summed E-state index contributed by atoms with van der Waals surface area (Å²) in [7, 11) is 0. The normalized spacial score (nSPS) is 16.7. The molecule has 0 atom stereocenters. The predicted octanol–water partition coefficient (Wildman–Crippen LogP) is 6.10. The number of amides is 2. The molecule has 2 aliphatic rings. The van der Waals surface area contributed by atoms with Gasteiger partial charge >= 0.3 is 0 Å². The summed E-state index contributed by atoms with van der Waals surface area (Å²) in [6.07, 6.45) is 1.70. The zero-order valence-electron chi connectivity index (χ0n) is 16.8. The van der Waals surface area contributed by atoms with Gasteiger partial charge in [-0.25, -0.2) is 0 Å². The Morgan fingerprint density at radius 3 is 2.68 bits per heavy atom. The standard InChI is InChI=1S/C22H19BrClNO5S/c1-12(2)10-28-17-4-3-13(5-15(17)23)6-20-21(26)25(22(27)31-20)9-14-7-18-19(8-16(14)24)30-11-29-18/h3-8,12H,9-11H2,1-2H3/b20-6+. The molecule has 0 aromatic heterocycles. The second kappa shape index (κ2) is 9.14. The second-order valence-electron chi connectivity index (χ2n) is 7.46. The summed E-state index contributed by atoms with van der Waals surface area (Å²) >= 11 is 10.7. The van der Waals surface area contributed by atoms with Gasteiger partial charge in [-0.3, -0.25) is 14.5 Å². The molecule has 0 radical (unpaired) electrons. The van der Waals surface area contributed by atoms with Crippen LogP contribution in [0.5, 0.6) is 17.2 Å². The summed E-state index contributed by atoms with van der Waals surface area (Å²) in [4.78, 5) is 26.9. The van der Waals surface area contributed by atoms with E-state index >= 15 is 0 Å². The minimum absolute atomic E-state index is 0.0587. The van der Waals surface area contributed by atoms with Crippen LogP contribution in [0.15, 0.2) is 39.7 Å². The Kier molecular flexibility index (Phi) is 6.50. The molecular formula is C22H19BrClNO5S. The summed E-state index contributed by atoms with van der Waals surface area (Å²) in [6, 6.07) is 8.88. The molecule has 0 spiro atoms. The Hall–Kier alpha value is -2.16. The molecule has 0 saturated carbocycles. The largest absolute Gasteiger partial charge is 0.492 e. The van der Waals surface area contributed by atoms with Crippen LogP contribution in [-0.4, -0.2) is 29.4 Å². The zero-order chi connectivity index (χ0) is 22.1. The first-order valence-corrected chi connectivity index (χ1v) is 11.6. The summed E-state index contributed by atoms with van der Waals surface area (Å²) in [6.45, 7) is 4.95. The summed E-state index contributed by atoms with van der Waals surface area (Å²) in [5, 5.41) is 0.0640. The van der Waals surface area contributed by atoms with Crippen molar-refractivity contribution in [3.8, 4) is 17.2 Å². The molecule has 1 fully saturated rings. The fourth-order valence-electron chi connectivity index (χ4n) is 3.02. The number of fused-ring (bicyclic) bond motifs is 1. The Balaban J connectivity index is 1.51. The van der Waals surface area contributed by atoms with Gasteiger partial charge in [-0.05, 0) is 69.0 Å². The van der Waals surface area contributed by atoms with E-state index in [1.807, 2.05) is 18.2 Å². The van der Waals surface area contributed by atoms with Crippen molar-refractivity contribution in [2.45, 2.75) is 20.4 Å². The highest BCUT2D eigenvalue weighted by molar-refractivity contribution is 9.10. The first-order chi connectivity index (χ1) is 14.8. The number of imide groups is 1. The number of carbonyl (C=O) groups is 2. The van der Waals surface area contributed by atoms with E-state index in [4.69, 9.17) is 25.8 Å². The molecule has 9 heteroatoms. The van der Waals surface area contributed by atoms with Crippen molar-refractivity contribution in [1.82, 2.24) is 4.90 Å². The number of benzene rings is 2. The zero-order valence-corrected chi connectivity index (χ0v) is 20.0. The van der Waals surface area contributed by atoms with Crippen molar-refractivity contribution in [2.24, 2.45) is 5.92 Å². The van der Waals surface area contributed by atoms with Crippen LogP contribution in [-0.2, 0) is 11.3 Å². The van der Waals surface area contributed by atoms with Gasteiger partial charge in [0, 0.05) is 11.1 Å². The number of hydrogen-bond donors (Lipinski definition) is 0. The molecule has 31 heavy (non-hydrogen) atoms. The van der Waals surface area contributed by atoms with Gasteiger partial charge < -0.3 is 14.2 Å². The van der Waals surface area contributed by atoms with Gasteiger partial charge in [-0.2, -0.15) is 0 Å². The van der Waals surface area contributed by atoms with Crippen LogP contribution < -0.4 is 14.2 Å². The van der Waals surface area contributed by atoms with Crippen molar-refractivity contribution in [3.63, 3.8) is 0 Å². The van der Waals surface area contributed by atoms with Gasteiger partial charge in [0.2, 0.25) is 6.79 Å². The van der Waals surface area contributed by atoms with Gasteiger partial charge in [0.25, 0.3) is 11.1 Å². The molecule has 6 nitrogen and oxygen atoms in total. The van der Waals surface area contributed by atoms with E-state index in [2.05, 4.69) is 29.8 Å². The number of thioether (sulfide) groups is 1. The Bertz CT molecular complexity index is 1090. The van der Waals surface area contributed by atoms with E-state index in [0.717, 1.165) is 27.5 Å². The highest BCUT2D eigenvalue weighted by Crippen LogP contribution is 2.39. The second-order valence-corrected chi connectivity index (χ2v) is 9.71. The quantitative estimate of drug-likeness (QED) is 0.425. The summed E-state index contributed by atoms with van der Waals surface area (Å²) in [5.41, 5.74) is 1.40. The predicted molar refractivity (Wildman–Crippen MR) is 124 cm³/mol. The number of hydrogen-bond acceptors (Lipinski definition) is 6. The summed E-state index contributed by atoms with van der Waals surface area (Å²) < 4.78 is 17.2. The molecule has 2 amide bonds. The lowest BCUT2D eigenvalue weighted by Crippen LogP contribution is -2.27. The van der Waals surface area contributed by atoms with Crippen LogP contribution in [0.1, 0.15) is 25.0 Å². The van der Waals surface area contributed by atoms with Gasteiger partial charge in [0.05, 0.1) is 22.5 Å².